The van der Waals surface area contributed by atoms with E-state index in [9.17, 15) is 9.59 Å². The molecular weight excluding hydrogens is 266 g/mol. The van der Waals surface area contributed by atoms with Gasteiger partial charge in [0.25, 0.3) is 0 Å². The van der Waals surface area contributed by atoms with Gasteiger partial charge in [-0.15, -0.1) is 6.58 Å². The van der Waals surface area contributed by atoms with Gasteiger partial charge in [-0.05, 0) is 37.5 Å². The summed E-state index contributed by atoms with van der Waals surface area (Å²) in [6.07, 6.45) is 7.43. The average Bonchev–Trinajstić information content (AvgIpc) is 2.44. The Morgan fingerprint density at radius 1 is 1.24 bits per heavy atom. The van der Waals surface area contributed by atoms with E-state index in [0.29, 0.717) is 12.3 Å². The third-order valence-corrected chi connectivity index (χ3v) is 4.25. The first-order chi connectivity index (χ1) is 9.93. The van der Waals surface area contributed by atoms with E-state index in [-0.39, 0.29) is 30.2 Å². The molecular formula is C17H29NO3. The molecule has 120 valence electrons. The highest BCUT2D eigenvalue weighted by molar-refractivity contribution is 5.88. The lowest BCUT2D eigenvalue weighted by Gasteiger charge is -2.23. The van der Waals surface area contributed by atoms with E-state index in [1.807, 2.05) is 13.8 Å². The number of esters is 1. The smallest absolute Gasteiger partial charge is 0.308 e. The van der Waals surface area contributed by atoms with Crippen molar-refractivity contribution in [2.45, 2.75) is 70.9 Å². The molecule has 0 aromatic rings. The van der Waals surface area contributed by atoms with Gasteiger partial charge in [-0.2, -0.15) is 0 Å². The Balaban J connectivity index is 2.36. The summed E-state index contributed by atoms with van der Waals surface area (Å²) in [6, 6.07) is -0.762. The summed E-state index contributed by atoms with van der Waals surface area (Å²) in [6.45, 7) is 7.84. The van der Waals surface area contributed by atoms with Crippen molar-refractivity contribution in [3.8, 4) is 0 Å². The second kappa shape index (κ2) is 8.98. The number of Topliss-reactive ketones (excluding diaryl/α,β-unsaturated/α-hetero) is 1. The number of ether oxygens (including phenoxy) is 1. The molecule has 1 aliphatic rings. The molecule has 21 heavy (non-hydrogen) atoms. The molecule has 0 heterocycles. The summed E-state index contributed by atoms with van der Waals surface area (Å²) < 4.78 is 5.40. The SMILES string of the molecule is C=CC(CC(=O)[C@@H](N)CC(=O)OC1CCCCC1)C(C)C. The molecule has 1 rings (SSSR count). The van der Waals surface area contributed by atoms with Gasteiger partial charge in [0.05, 0.1) is 12.5 Å². The molecule has 0 radical (unpaired) electrons. The Morgan fingerprint density at radius 2 is 1.86 bits per heavy atom. The molecule has 0 aromatic heterocycles. The fourth-order valence-electron chi connectivity index (χ4n) is 2.69. The zero-order valence-electron chi connectivity index (χ0n) is 13.3. The summed E-state index contributed by atoms with van der Waals surface area (Å²) in [7, 11) is 0. The maximum Gasteiger partial charge on any atom is 0.308 e. The van der Waals surface area contributed by atoms with E-state index < -0.39 is 6.04 Å². The minimum atomic E-state index is -0.762. The molecule has 0 saturated heterocycles. The zero-order valence-corrected chi connectivity index (χ0v) is 13.3. The number of ketones is 1. The van der Waals surface area contributed by atoms with E-state index in [4.69, 9.17) is 10.5 Å². The fraction of sp³-hybridized carbons (Fsp3) is 0.765. The van der Waals surface area contributed by atoms with Crippen LogP contribution in [0.2, 0.25) is 0 Å². The molecule has 1 saturated carbocycles. The first-order valence-corrected chi connectivity index (χ1v) is 8.04. The summed E-state index contributed by atoms with van der Waals surface area (Å²) in [5.74, 6) is 0.0161. The highest BCUT2D eigenvalue weighted by atomic mass is 16.5. The number of carbonyl (C=O) groups excluding carboxylic acids is 2. The fourth-order valence-corrected chi connectivity index (χ4v) is 2.69. The second-order valence-corrected chi connectivity index (χ2v) is 6.37. The van der Waals surface area contributed by atoms with E-state index in [0.717, 1.165) is 25.7 Å². The van der Waals surface area contributed by atoms with Gasteiger partial charge in [0.15, 0.2) is 5.78 Å². The molecule has 0 bridgehead atoms. The van der Waals surface area contributed by atoms with Gasteiger partial charge in [0, 0.05) is 6.42 Å². The number of allylic oxidation sites excluding steroid dienone is 1. The molecule has 4 heteroatoms. The lowest BCUT2D eigenvalue weighted by atomic mass is 9.89. The molecule has 0 spiro atoms. The molecule has 0 aliphatic heterocycles. The van der Waals surface area contributed by atoms with E-state index in [1.54, 1.807) is 6.08 Å². The third kappa shape index (κ3) is 6.42. The average molecular weight is 295 g/mol. The monoisotopic (exact) mass is 295 g/mol. The number of nitrogens with two attached hydrogens (primary N) is 1. The Morgan fingerprint density at radius 3 is 2.38 bits per heavy atom. The summed E-state index contributed by atoms with van der Waals surface area (Å²) in [5.41, 5.74) is 5.84. The summed E-state index contributed by atoms with van der Waals surface area (Å²) >= 11 is 0. The Hall–Kier alpha value is -1.16. The van der Waals surface area contributed by atoms with Gasteiger partial charge in [0.1, 0.15) is 6.10 Å². The molecule has 2 N–H and O–H groups in total. The van der Waals surface area contributed by atoms with Crippen molar-refractivity contribution in [1.82, 2.24) is 0 Å². The van der Waals surface area contributed by atoms with Crippen LogP contribution in [0.25, 0.3) is 0 Å². The van der Waals surface area contributed by atoms with Crippen LogP contribution in [0.15, 0.2) is 12.7 Å². The number of carbonyl (C=O) groups is 2. The van der Waals surface area contributed by atoms with Crippen LogP contribution in [0.4, 0.5) is 0 Å². The first kappa shape index (κ1) is 17.9. The quantitative estimate of drug-likeness (QED) is 0.552. The van der Waals surface area contributed by atoms with Crippen LogP contribution in [0.5, 0.6) is 0 Å². The summed E-state index contributed by atoms with van der Waals surface area (Å²) in [5, 5.41) is 0. The summed E-state index contributed by atoms with van der Waals surface area (Å²) in [4.78, 5) is 23.9. The molecule has 2 atom stereocenters. The molecule has 0 aromatic carbocycles. The van der Waals surface area contributed by atoms with Crippen molar-refractivity contribution < 1.29 is 14.3 Å². The van der Waals surface area contributed by atoms with Gasteiger partial charge < -0.3 is 10.5 Å². The standard InChI is InChI=1S/C17H29NO3/c1-4-13(12(2)3)10-16(19)15(18)11-17(20)21-14-8-6-5-7-9-14/h4,12-15H,1,5-11,18H2,2-3H3/t13?,15-/m0/s1. The van der Waals surface area contributed by atoms with Gasteiger partial charge >= 0.3 is 5.97 Å². The predicted octanol–water partition coefficient (Wildman–Crippen LogP) is 3.00. The highest BCUT2D eigenvalue weighted by Gasteiger charge is 2.24. The molecule has 4 nitrogen and oxygen atoms in total. The molecule has 1 unspecified atom stereocenters. The van der Waals surface area contributed by atoms with Crippen LogP contribution >= 0.6 is 0 Å². The van der Waals surface area contributed by atoms with Crippen molar-refractivity contribution in [1.29, 1.82) is 0 Å². The minimum Gasteiger partial charge on any atom is -0.462 e. The van der Waals surface area contributed by atoms with Crippen molar-refractivity contribution in [3.63, 3.8) is 0 Å². The molecule has 1 fully saturated rings. The molecule has 1 aliphatic carbocycles. The first-order valence-electron chi connectivity index (χ1n) is 8.04. The Bertz CT molecular complexity index is 359. The van der Waals surface area contributed by atoms with Crippen LogP contribution in [0.1, 0.15) is 58.8 Å². The number of hydrogen-bond donors (Lipinski definition) is 1. The van der Waals surface area contributed by atoms with Gasteiger partial charge in [-0.25, -0.2) is 0 Å². The lowest BCUT2D eigenvalue weighted by Crippen LogP contribution is -2.36. The van der Waals surface area contributed by atoms with Crippen LogP contribution in [-0.4, -0.2) is 23.9 Å². The van der Waals surface area contributed by atoms with Crippen LogP contribution < -0.4 is 5.73 Å². The normalized spacial score (nSPS) is 19.0. The van der Waals surface area contributed by atoms with E-state index in [2.05, 4.69) is 6.58 Å². The van der Waals surface area contributed by atoms with Gasteiger partial charge in [-0.3, -0.25) is 9.59 Å². The lowest BCUT2D eigenvalue weighted by molar-refractivity contribution is -0.151. The number of hydrogen-bond acceptors (Lipinski definition) is 4. The van der Waals surface area contributed by atoms with E-state index in [1.165, 1.54) is 6.42 Å². The Labute approximate surface area is 128 Å². The predicted molar refractivity (Wildman–Crippen MR) is 83.7 cm³/mol. The molecule has 0 amide bonds. The third-order valence-electron chi connectivity index (χ3n) is 4.25. The van der Waals surface area contributed by atoms with Crippen LogP contribution in [0, 0.1) is 11.8 Å². The topological polar surface area (TPSA) is 69.4 Å². The van der Waals surface area contributed by atoms with Crippen molar-refractivity contribution in [2.75, 3.05) is 0 Å². The van der Waals surface area contributed by atoms with Crippen molar-refractivity contribution in [3.05, 3.63) is 12.7 Å². The van der Waals surface area contributed by atoms with Gasteiger partial charge in [-0.1, -0.05) is 26.3 Å². The maximum absolute atomic E-state index is 12.1. The Kier molecular flexibility index (Phi) is 7.65. The van der Waals surface area contributed by atoms with Crippen molar-refractivity contribution in [2.24, 2.45) is 17.6 Å². The van der Waals surface area contributed by atoms with Gasteiger partial charge in [0.2, 0.25) is 0 Å². The van der Waals surface area contributed by atoms with Crippen LogP contribution in [0.3, 0.4) is 0 Å². The van der Waals surface area contributed by atoms with E-state index >= 15 is 0 Å². The zero-order chi connectivity index (χ0) is 15.8. The maximum atomic E-state index is 12.1. The van der Waals surface area contributed by atoms with Crippen molar-refractivity contribution >= 4 is 11.8 Å². The second-order valence-electron chi connectivity index (χ2n) is 6.37. The largest absolute Gasteiger partial charge is 0.462 e. The number of rotatable bonds is 8. The minimum absolute atomic E-state index is 0.0166. The highest BCUT2D eigenvalue weighted by Crippen LogP contribution is 2.21. The van der Waals surface area contributed by atoms with Crippen LogP contribution in [-0.2, 0) is 14.3 Å².